The van der Waals surface area contributed by atoms with Gasteiger partial charge in [-0.15, -0.1) is 0 Å². The van der Waals surface area contributed by atoms with Crippen LogP contribution in [0.4, 0.5) is 4.39 Å². The van der Waals surface area contributed by atoms with Gasteiger partial charge >= 0.3 is 0 Å². The highest BCUT2D eigenvalue weighted by Crippen LogP contribution is 2.27. The lowest BCUT2D eigenvalue weighted by molar-refractivity contribution is -0.120. The van der Waals surface area contributed by atoms with Crippen molar-refractivity contribution in [3.8, 4) is 11.5 Å². The Morgan fingerprint density at radius 1 is 1.11 bits per heavy atom. The van der Waals surface area contributed by atoms with E-state index in [0.717, 1.165) is 0 Å². The molecule has 148 valence electrons. The van der Waals surface area contributed by atoms with Crippen LogP contribution in [0.2, 0.25) is 0 Å². The fourth-order valence-electron chi connectivity index (χ4n) is 3.41. The van der Waals surface area contributed by atoms with Crippen molar-refractivity contribution in [1.29, 1.82) is 0 Å². The lowest BCUT2D eigenvalue weighted by Crippen LogP contribution is -2.49. The maximum absolute atomic E-state index is 13.1. The van der Waals surface area contributed by atoms with Gasteiger partial charge in [0, 0.05) is 37.4 Å². The largest absolute Gasteiger partial charge is 0.497 e. The second kappa shape index (κ2) is 8.73. The number of primary amides is 1. The van der Waals surface area contributed by atoms with Crippen LogP contribution in [0.5, 0.6) is 11.5 Å². The van der Waals surface area contributed by atoms with Crippen LogP contribution in [0.3, 0.4) is 0 Å². The standard InChI is InChI=1S/C21H23FN2O4/c1-27-17-6-2-14(3-7-17)21(26)24-11-10-19(15(13-24)12-20(23)25)28-18-8-4-16(22)5-9-18/h2-9,15,19H,10-13H2,1H3,(H2,23,25)/t15-,19-/m0/s1. The molecule has 1 heterocycles. The van der Waals surface area contributed by atoms with Crippen molar-refractivity contribution in [1.82, 2.24) is 4.90 Å². The number of nitrogens with zero attached hydrogens (tertiary/aromatic N) is 1. The monoisotopic (exact) mass is 386 g/mol. The van der Waals surface area contributed by atoms with Gasteiger partial charge in [-0.05, 0) is 48.5 Å². The maximum Gasteiger partial charge on any atom is 0.253 e. The zero-order chi connectivity index (χ0) is 20.1. The first-order valence-electron chi connectivity index (χ1n) is 9.10. The van der Waals surface area contributed by atoms with Crippen LogP contribution in [0, 0.1) is 11.7 Å². The van der Waals surface area contributed by atoms with E-state index in [0.29, 0.717) is 36.6 Å². The molecule has 2 aromatic rings. The summed E-state index contributed by atoms with van der Waals surface area (Å²) in [6.07, 6.45) is 0.382. The van der Waals surface area contributed by atoms with Crippen molar-refractivity contribution < 1.29 is 23.5 Å². The van der Waals surface area contributed by atoms with Crippen molar-refractivity contribution in [3.05, 3.63) is 59.9 Å². The molecule has 7 heteroatoms. The molecular weight excluding hydrogens is 363 g/mol. The number of amides is 2. The number of likely N-dealkylation sites (tertiary alicyclic amines) is 1. The highest BCUT2D eigenvalue weighted by Gasteiger charge is 2.34. The van der Waals surface area contributed by atoms with Gasteiger partial charge in [0.2, 0.25) is 5.91 Å². The Morgan fingerprint density at radius 3 is 2.36 bits per heavy atom. The number of benzene rings is 2. The lowest BCUT2D eigenvalue weighted by Gasteiger charge is -2.38. The van der Waals surface area contributed by atoms with Crippen molar-refractivity contribution in [3.63, 3.8) is 0 Å². The van der Waals surface area contributed by atoms with Gasteiger partial charge in [-0.2, -0.15) is 0 Å². The number of ether oxygens (including phenoxy) is 2. The maximum atomic E-state index is 13.1. The SMILES string of the molecule is COc1ccc(C(=O)N2CC[C@H](Oc3ccc(F)cc3)[C@@H](CC(N)=O)C2)cc1. The predicted molar refractivity (Wildman–Crippen MR) is 102 cm³/mol. The molecule has 6 nitrogen and oxygen atoms in total. The van der Waals surface area contributed by atoms with E-state index >= 15 is 0 Å². The third-order valence-electron chi connectivity index (χ3n) is 4.85. The van der Waals surface area contributed by atoms with E-state index in [9.17, 15) is 14.0 Å². The minimum absolute atomic E-state index is 0.109. The molecular formula is C21H23FN2O4. The first-order valence-corrected chi connectivity index (χ1v) is 9.10. The molecule has 0 bridgehead atoms. The Hall–Kier alpha value is -3.09. The second-order valence-electron chi connectivity index (χ2n) is 6.81. The minimum atomic E-state index is -0.448. The topological polar surface area (TPSA) is 81.9 Å². The molecule has 0 spiro atoms. The molecule has 2 amide bonds. The van der Waals surface area contributed by atoms with Gasteiger partial charge in [-0.1, -0.05) is 0 Å². The van der Waals surface area contributed by atoms with Gasteiger partial charge < -0.3 is 20.1 Å². The summed E-state index contributed by atoms with van der Waals surface area (Å²) in [7, 11) is 1.57. The zero-order valence-electron chi connectivity index (χ0n) is 15.6. The van der Waals surface area contributed by atoms with Crippen LogP contribution in [0.15, 0.2) is 48.5 Å². The van der Waals surface area contributed by atoms with Crippen LogP contribution in [-0.4, -0.2) is 43.0 Å². The van der Waals surface area contributed by atoms with Crippen molar-refractivity contribution >= 4 is 11.8 Å². The van der Waals surface area contributed by atoms with Gasteiger partial charge in [0.15, 0.2) is 0 Å². The average Bonchev–Trinajstić information content (AvgIpc) is 2.70. The summed E-state index contributed by atoms with van der Waals surface area (Å²) in [5.74, 6) is 0.0543. The number of halogens is 1. The quantitative estimate of drug-likeness (QED) is 0.827. The number of methoxy groups -OCH3 is 1. The van der Waals surface area contributed by atoms with Crippen LogP contribution in [0.1, 0.15) is 23.2 Å². The Bertz CT molecular complexity index is 823. The number of nitrogens with two attached hydrogens (primary N) is 1. The molecule has 28 heavy (non-hydrogen) atoms. The number of carbonyl (C=O) groups is 2. The van der Waals surface area contributed by atoms with E-state index in [4.69, 9.17) is 15.2 Å². The molecule has 1 aliphatic rings. The van der Waals surface area contributed by atoms with E-state index < -0.39 is 5.91 Å². The lowest BCUT2D eigenvalue weighted by atomic mass is 9.90. The third-order valence-corrected chi connectivity index (χ3v) is 4.85. The summed E-state index contributed by atoms with van der Waals surface area (Å²) < 4.78 is 24.2. The smallest absolute Gasteiger partial charge is 0.253 e. The second-order valence-corrected chi connectivity index (χ2v) is 6.81. The molecule has 1 aliphatic heterocycles. The predicted octanol–water partition coefficient (Wildman–Crippen LogP) is 2.62. The van der Waals surface area contributed by atoms with Crippen molar-refractivity contribution in [2.24, 2.45) is 11.7 Å². The molecule has 0 saturated carbocycles. The molecule has 0 aliphatic carbocycles. The Labute approximate surface area is 163 Å². The molecule has 1 fully saturated rings. The Balaban J connectivity index is 1.70. The van der Waals surface area contributed by atoms with Gasteiger partial charge in [-0.3, -0.25) is 9.59 Å². The molecule has 1 saturated heterocycles. The first kappa shape index (κ1) is 19.7. The summed E-state index contributed by atoms with van der Waals surface area (Å²) in [5, 5.41) is 0. The fraction of sp³-hybridized carbons (Fsp3) is 0.333. The normalized spacial score (nSPS) is 19.1. The Morgan fingerprint density at radius 2 is 1.75 bits per heavy atom. The van der Waals surface area contributed by atoms with E-state index in [1.165, 1.54) is 12.1 Å². The summed E-state index contributed by atoms with van der Waals surface area (Å²) in [5.41, 5.74) is 5.95. The van der Waals surface area contributed by atoms with Gasteiger partial charge in [0.1, 0.15) is 23.4 Å². The number of hydrogen-bond donors (Lipinski definition) is 1. The van der Waals surface area contributed by atoms with Crippen molar-refractivity contribution in [2.45, 2.75) is 18.9 Å². The van der Waals surface area contributed by atoms with E-state index in [-0.39, 0.29) is 30.2 Å². The summed E-state index contributed by atoms with van der Waals surface area (Å²) in [6.45, 7) is 0.853. The van der Waals surface area contributed by atoms with E-state index in [1.807, 2.05) is 0 Å². The third kappa shape index (κ3) is 4.79. The summed E-state index contributed by atoms with van der Waals surface area (Å²) in [4.78, 5) is 26.1. The highest BCUT2D eigenvalue weighted by atomic mass is 19.1. The van der Waals surface area contributed by atoms with Crippen molar-refractivity contribution in [2.75, 3.05) is 20.2 Å². The summed E-state index contributed by atoms with van der Waals surface area (Å²) in [6, 6.07) is 12.6. The Kier molecular flexibility index (Phi) is 6.13. The van der Waals surface area contributed by atoms with Gasteiger partial charge in [0.05, 0.1) is 7.11 Å². The number of hydrogen-bond acceptors (Lipinski definition) is 4. The molecule has 0 unspecified atom stereocenters. The molecule has 0 radical (unpaired) electrons. The van der Waals surface area contributed by atoms with Gasteiger partial charge in [-0.25, -0.2) is 4.39 Å². The molecule has 2 N–H and O–H groups in total. The minimum Gasteiger partial charge on any atom is -0.497 e. The molecule has 0 aromatic heterocycles. The molecule has 2 atom stereocenters. The zero-order valence-corrected chi connectivity index (χ0v) is 15.6. The molecule has 2 aromatic carbocycles. The van der Waals surface area contributed by atoms with Gasteiger partial charge in [0.25, 0.3) is 5.91 Å². The highest BCUT2D eigenvalue weighted by molar-refractivity contribution is 5.94. The first-order chi connectivity index (χ1) is 13.5. The number of carbonyl (C=O) groups excluding carboxylic acids is 2. The molecule has 3 rings (SSSR count). The van der Waals surface area contributed by atoms with E-state index in [2.05, 4.69) is 0 Å². The van der Waals surface area contributed by atoms with Crippen LogP contribution in [0.25, 0.3) is 0 Å². The van der Waals surface area contributed by atoms with Crippen LogP contribution < -0.4 is 15.2 Å². The fourth-order valence-corrected chi connectivity index (χ4v) is 3.41. The van der Waals surface area contributed by atoms with Crippen LogP contribution in [-0.2, 0) is 4.79 Å². The summed E-state index contributed by atoms with van der Waals surface area (Å²) >= 11 is 0. The number of piperidine rings is 1. The average molecular weight is 386 g/mol. The number of rotatable bonds is 6. The van der Waals surface area contributed by atoms with E-state index in [1.54, 1.807) is 48.4 Å². The van der Waals surface area contributed by atoms with Crippen LogP contribution >= 0.6 is 0 Å².